The molecule has 1 aliphatic heterocycles. The van der Waals surface area contributed by atoms with E-state index in [4.69, 9.17) is 11.6 Å². The van der Waals surface area contributed by atoms with Crippen molar-refractivity contribution in [3.05, 3.63) is 64.9 Å². The van der Waals surface area contributed by atoms with E-state index in [1.165, 1.54) is 25.1 Å². The molecule has 0 spiro atoms. The molecule has 2 aromatic rings. The second-order valence-electron chi connectivity index (χ2n) is 6.46. The van der Waals surface area contributed by atoms with Gasteiger partial charge >= 0.3 is 6.18 Å². The number of amides is 1. The Hall–Kier alpha value is -2.98. The first-order chi connectivity index (χ1) is 14.1. The number of halogens is 5. The van der Waals surface area contributed by atoms with Gasteiger partial charge < -0.3 is 5.43 Å². The lowest BCUT2D eigenvalue weighted by Gasteiger charge is -2.16. The summed E-state index contributed by atoms with van der Waals surface area (Å²) in [6.45, 7) is 1.32. The molecule has 1 fully saturated rings. The van der Waals surface area contributed by atoms with Crippen LogP contribution >= 0.6 is 11.6 Å². The molecule has 2 atom stereocenters. The van der Waals surface area contributed by atoms with Crippen LogP contribution in [0.15, 0.2) is 58.5 Å². The van der Waals surface area contributed by atoms with Gasteiger partial charge in [-0.3, -0.25) is 10.1 Å². The van der Waals surface area contributed by atoms with Crippen molar-refractivity contribution in [3.8, 4) is 0 Å². The average Bonchev–Trinajstić information content (AvgIpc) is 3.02. The smallest absolute Gasteiger partial charge is 0.308 e. The molecule has 0 radical (unpaired) electrons. The number of carbonyl (C=O) groups excluding carboxylic acids is 1. The van der Waals surface area contributed by atoms with E-state index in [0.717, 1.165) is 12.1 Å². The van der Waals surface area contributed by atoms with Gasteiger partial charge in [0.05, 0.1) is 5.69 Å². The fourth-order valence-corrected chi connectivity index (χ4v) is 2.94. The van der Waals surface area contributed by atoms with Gasteiger partial charge in [-0.25, -0.2) is 14.8 Å². The molecule has 1 saturated heterocycles. The van der Waals surface area contributed by atoms with Crippen molar-refractivity contribution in [2.24, 2.45) is 15.9 Å². The first-order valence-corrected chi connectivity index (χ1v) is 9.09. The van der Waals surface area contributed by atoms with Crippen LogP contribution in [0.25, 0.3) is 0 Å². The fraction of sp³-hybridized carbons (Fsp3) is 0.211. The van der Waals surface area contributed by atoms with Crippen molar-refractivity contribution < 1.29 is 22.4 Å². The predicted molar refractivity (Wildman–Crippen MR) is 105 cm³/mol. The molecule has 30 heavy (non-hydrogen) atoms. The minimum absolute atomic E-state index is 0.0266. The van der Waals surface area contributed by atoms with E-state index < -0.39 is 29.9 Å². The second-order valence-corrected chi connectivity index (χ2v) is 6.89. The quantitative estimate of drug-likeness (QED) is 0.375. The van der Waals surface area contributed by atoms with Gasteiger partial charge in [0.1, 0.15) is 17.7 Å². The third kappa shape index (κ3) is 5.33. The molecule has 0 aliphatic carbocycles. The van der Waals surface area contributed by atoms with Crippen molar-refractivity contribution in [3.63, 3.8) is 0 Å². The lowest BCUT2D eigenvalue weighted by Crippen LogP contribution is -2.43. The number of amidine groups is 1. The number of alkyl halides is 3. The number of hydrogen-bond acceptors (Lipinski definition) is 3. The van der Waals surface area contributed by atoms with E-state index in [-0.39, 0.29) is 28.1 Å². The van der Waals surface area contributed by atoms with Crippen molar-refractivity contribution in [2.45, 2.75) is 19.1 Å². The summed E-state index contributed by atoms with van der Waals surface area (Å²) in [5, 5.41) is 2.49. The first-order valence-electron chi connectivity index (χ1n) is 8.71. The van der Waals surface area contributed by atoms with Crippen LogP contribution in [0.4, 0.5) is 23.2 Å². The number of rotatable bonds is 2. The maximum atomic E-state index is 13.6. The summed E-state index contributed by atoms with van der Waals surface area (Å²) in [6, 6.07) is 9.63. The van der Waals surface area contributed by atoms with Gasteiger partial charge in [0, 0.05) is 16.5 Å². The van der Waals surface area contributed by atoms with Gasteiger partial charge in [-0.15, -0.1) is 0 Å². The van der Waals surface area contributed by atoms with Crippen LogP contribution in [0, 0.1) is 11.7 Å². The highest BCUT2D eigenvalue weighted by molar-refractivity contribution is 6.30. The third-order valence-electron chi connectivity index (χ3n) is 4.21. The summed E-state index contributed by atoms with van der Waals surface area (Å²) < 4.78 is 52.9. The molecule has 2 unspecified atom stereocenters. The van der Waals surface area contributed by atoms with Crippen LogP contribution in [0.1, 0.15) is 17.3 Å². The normalized spacial score (nSPS) is 20.9. The third-order valence-corrected chi connectivity index (χ3v) is 4.43. The van der Waals surface area contributed by atoms with Gasteiger partial charge in [-0.05, 0) is 30.3 Å². The molecule has 0 bridgehead atoms. The number of aliphatic imine (C=N–C) groups is 2. The maximum Gasteiger partial charge on any atom is 0.406 e. The summed E-state index contributed by atoms with van der Waals surface area (Å²) in [4.78, 5) is 20.6. The number of carbonyl (C=O) groups is 1. The van der Waals surface area contributed by atoms with Gasteiger partial charge in [0.15, 0.2) is 0 Å². The zero-order valence-corrected chi connectivity index (χ0v) is 16.2. The number of hydrazine groups is 1. The summed E-state index contributed by atoms with van der Waals surface area (Å²) >= 11 is 5.82. The summed E-state index contributed by atoms with van der Waals surface area (Å²) in [7, 11) is 0. The molecular formula is C19H16ClF4N5O. The molecule has 6 nitrogen and oxygen atoms in total. The van der Waals surface area contributed by atoms with Crippen LogP contribution in [0.3, 0.4) is 0 Å². The molecule has 0 aromatic heterocycles. The Balaban J connectivity index is 1.95. The lowest BCUT2D eigenvalue weighted by molar-refractivity contribution is -0.158. The predicted octanol–water partition coefficient (Wildman–Crippen LogP) is 3.97. The Bertz CT molecular complexity index is 974. The maximum absolute atomic E-state index is 13.6. The molecule has 0 saturated carbocycles. The van der Waals surface area contributed by atoms with Crippen LogP contribution in [-0.2, 0) is 0 Å². The summed E-state index contributed by atoms with van der Waals surface area (Å²) in [5.41, 5.74) is 4.78. The molecule has 158 valence electrons. The first kappa shape index (κ1) is 21.7. The standard InChI is InChI=1S/C19H16ClF4N5O/c1-10-15(19(22,23)24)28-29-16(10)26-18(25-14-8-12(20)7-13(21)9-14)27-17(30)11-5-3-2-4-6-11/h2-10,15,28H,1H3,(H2,25,26,27,29,30). The highest BCUT2D eigenvalue weighted by Crippen LogP contribution is 2.28. The molecule has 3 N–H and O–H groups in total. The summed E-state index contributed by atoms with van der Waals surface area (Å²) in [6.07, 6.45) is -4.51. The summed E-state index contributed by atoms with van der Waals surface area (Å²) in [5.74, 6) is -2.77. The van der Waals surface area contributed by atoms with Crippen LogP contribution in [0.5, 0.6) is 0 Å². The van der Waals surface area contributed by atoms with Crippen molar-refractivity contribution in [1.29, 1.82) is 0 Å². The SMILES string of the molecule is CC1C(=NC(=Nc2cc(F)cc(Cl)c2)NC(=O)c2ccccc2)NNC1C(F)(F)F. The monoisotopic (exact) mass is 441 g/mol. The van der Waals surface area contributed by atoms with Crippen LogP contribution in [0.2, 0.25) is 5.02 Å². The van der Waals surface area contributed by atoms with Gasteiger partial charge in [-0.1, -0.05) is 36.7 Å². The zero-order chi connectivity index (χ0) is 21.9. The number of benzene rings is 2. The topological polar surface area (TPSA) is 77.9 Å². The van der Waals surface area contributed by atoms with E-state index in [9.17, 15) is 22.4 Å². The van der Waals surface area contributed by atoms with Crippen molar-refractivity contribution >= 4 is 35.0 Å². The van der Waals surface area contributed by atoms with Crippen molar-refractivity contribution in [2.75, 3.05) is 0 Å². The molecule has 1 amide bonds. The van der Waals surface area contributed by atoms with Crippen LogP contribution < -0.4 is 16.2 Å². The number of nitrogens with zero attached hydrogens (tertiary/aromatic N) is 2. The molecule has 1 aliphatic rings. The van der Waals surface area contributed by atoms with E-state index in [2.05, 4.69) is 26.2 Å². The number of guanidine groups is 1. The zero-order valence-electron chi connectivity index (χ0n) is 15.5. The number of nitrogens with one attached hydrogen (secondary N) is 3. The molecular weight excluding hydrogens is 426 g/mol. The molecule has 3 rings (SSSR count). The van der Waals surface area contributed by atoms with Gasteiger partial charge in [-0.2, -0.15) is 18.2 Å². The average molecular weight is 442 g/mol. The molecule has 2 aromatic carbocycles. The largest absolute Gasteiger partial charge is 0.406 e. The Morgan fingerprint density at radius 1 is 1.17 bits per heavy atom. The minimum atomic E-state index is -4.51. The molecule has 11 heteroatoms. The Labute approximate surface area is 174 Å². The Morgan fingerprint density at radius 2 is 1.87 bits per heavy atom. The highest BCUT2D eigenvalue weighted by atomic mass is 35.5. The second kappa shape index (κ2) is 8.80. The Kier molecular flexibility index (Phi) is 6.37. The van der Waals surface area contributed by atoms with Gasteiger partial charge in [0.2, 0.25) is 5.96 Å². The van der Waals surface area contributed by atoms with E-state index >= 15 is 0 Å². The lowest BCUT2D eigenvalue weighted by atomic mass is 10.0. The number of hydrogen-bond donors (Lipinski definition) is 3. The van der Waals surface area contributed by atoms with E-state index in [1.807, 2.05) is 0 Å². The Morgan fingerprint density at radius 3 is 2.47 bits per heavy atom. The fourth-order valence-electron chi connectivity index (χ4n) is 2.73. The minimum Gasteiger partial charge on any atom is -0.308 e. The highest BCUT2D eigenvalue weighted by Gasteiger charge is 2.48. The van der Waals surface area contributed by atoms with Crippen LogP contribution in [-0.4, -0.2) is 29.9 Å². The molecule has 1 heterocycles. The van der Waals surface area contributed by atoms with E-state index in [1.54, 1.807) is 18.2 Å². The van der Waals surface area contributed by atoms with Crippen molar-refractivity contribution in [1.82, 2.24) is 16.2 Å². The van der Waals surface area contributed by atoms with E-state index in [0.29, 0.717) is 0 Å². The van der Waals surface area contributed by atoms with Gasteiger partial charge in [0.25, 0.3) is 5.91 Å².